The quantitative estimate of drug-likeness (QED) is 0.668. The molecule has 2 aliphatic rings. The number of hydrogen-bond donors (Lipinski definition) is 0. The Morgan fingerprint density at radius 2 is 1.58 bits per heavy atom. The highest BCUT2D eigenvalue weighted by molar-refractivity contribution is 7.86. The van der Waals surface area contributed by atoms with Gasteiger partial charge in [0.05, 0.1) is 6.54 Å². The molecule has 7 nitrogen and oxygen atoms in total. The van der Waals surface area contributed by atoms with Crippen molar-refractivity contribution in [2.45, 2.75) is 26.8 Å². The molecule has 2 fully saturated rings. The van der Waals surface area contributed by atoms with Gasteiger partial charge in [-0.2, -0.15) is 17.0 Å². The molecule has 2 aliphatic heterocycles. The zero-order valence-corrected chi connectivity index (χ0v) is 20.0. The number of hydrogen-bond acceptors (Lipinski definition) is 4. The molecule has 2 aromatic rings. The summed E-state index contributed by atoms with van der Waals surface area (Å²) >= 11 is 0. The molecule has 0 unspecified atom stereocenters. The molecule has 9 heteroatoms. The van der Waals surface area contributed by atoms with Crippen LogP contribution in [-0.2, 0) is 21.5 Å². The van der Waals surface area contributed by atoms with E-state index >= 15 is 0 Å². The zero-order valence-electron chi connectivity index (χ0n) is 19.2. The van der Waals surface area contributed by atoms with Gasteiger partial charge in [0.1, 0.15) is 5.82 Å². The van der Waals surface area contributed by atoms with Crippen LogP contribution in [0.3, 0.4) is 0 Å². The van der Waals surface area contributed by atoms with Crippen molar-refractivity contribution in [3.63, 3.8) is 0 Å². The van der Waals surface area contributed by atoms with Gasteiger partial charge in [0.15, 0.2) is 0 Å². The van der Waals surface area contributed by atoms with Crippen molar-refractivity contribution in [3.05, 3.63) is 65.0 Å². The molecular formula is C24H31FN4O3S. The predicted molar refractivity (Wildman–Crippen MR) is 127 cm³/mol. The molecule has 4 rings (SSSR count). The number of nitrogens with zero attached hydrogens (tertiary/aromatic N) is 4. The lowest BCUT2D eigenvalue weighted by Crippen LogP contribution is -2.55. The van der Waals surface area contributed by atoms with Crippen LogP contribution >= 0.6 is 0 Å². The van der Waals surface area contributed by atoms with Gasteiger partial charge in [0.25, 0.3) is 10.2 Å². The molecule has 0 atom stereocenters. The predicted octanol–water partition coefficient (Wildman–Crippen LogP) is 2.54. The lowest BCUT2D eigenvalue weighted by molar-refractivity contribution is -0.131. The second kappa shape index (κ2) is 9.79. The minimum atomic E-state index is -3.71. The maximum absolute atomic E-state index is 13.2. The molecule has 0 spiro atoms. The first-order valence-corrected chi connectivity index (χ1v) is 12.7. The van der Waals surface area contributed by atoms with Gasteiger partial charge >= 0.3 is 0 Å². The average Bonchev–Trinajstić information content (AvgIpc) is 2.79. The SMILES string of the molecule is Cc1ccc(C)c(CN2CCCN(CC(=O)N3CCN(c4ccc(F)cc4)CC3)S2(=O)=O)c1. The molecule has 0 radical (unpaired) electrons. The summed E-state index contributed by atoms with van der Waals surface area (Å²) in [5, 5.41) is 0. The topological polar surface area (TPSA) is 64.2 Å². The molecule has 0 aliphatic carbocycles. The van der Waals surface area contributed by atoms with Gasteiger partial charge in [-0.15, -0.1) is 0 Å². The number of rotatable bonds is 5. The molecule has 0 bridgehead atoms. The van der Waals surface area contributed by atoms with E-state index < -0.39 is 10.2 Å². The fourth-order valence-corrected chi connectivity index (χ4v) is 6.04. The number of carbonyl (C=O) groups excluding carboxylic acids is 1. The monoisotopic (exact) mass is 474 g/mol. The lowest BCUT2D eigenvalue weighted by atomic mass is 10.1. The summed E-state index contributed by atoms with van der Waals surface area (Å²) in [7, 11) is -3.71. The van der Waals surface area contributed by atoms with Crippen LogP contribution in [0.15, 0.2) is 42.5 Å². The highest BCUT2D eigenvalue weighted by Crippen LogP contribution is 2.22. The van der Waals surface area contributed by atoms with Gasteiger partial charge < -0.3 is 9.80 Å². The Morgan fingerprint density at radius 3 is 2.27 bits per heavy atom. The Balaban J connectivity index is 1.36. The Kier molecular flexibility index (Phi) is 7.02. The number of carbonyl (C=O) groups is 1. The van der Waals surface area contributed by atoms with Gasteiger partial charge in [-0.05, 0) is 55.7 Å². The summed E-state index contributed by atoms with van der Waals surface area (Å²) in [6, 6.07) is 12.4. The van der Waals surface area contributed by atoms with Crippen molar-refractivity contribution in [3.8, 4) is 0 Å². The van der Waals surface area contributed by atoms with Gasteiger partial charge in [-0.1, -0.05) is 23.8 Å². The van der Waals surface area contributed by atoms with E-state index in [9.17, 15) is 17.6 Å². The van der Waals surface area contributed by atoms with E-state index in [-0.39, 0.29) is 18.3 Å². The molecule has 2 aromatic carbocycles. The Hall–Kier alpha value is -2.49. The summed E-state index contributed by atoms with van der Waals surface area (Å²) in [5.41, 5.74) is 4.06. The highest BCUT2D eigenvalue weighted by Gasteiger charge is 2.36. The molecule has 2 saturated heterocycles. The van der Waals surface area contributed by atoms with E-state index in [1.807, 2.05) is 32.0 Å². The Morgan fingerprint density at radius 1 is 0.909 bits per heavy atom. The van der Waals surface area contributed by atoms with Crippen molar-refractivity contribution in [1.29, 1.82) is 0 Å². The van der Waals surface area contributed by atoms with Crippen LogP contribution in [-0.4, -0.2) is 73.6 Å². The third-order valence-electron chi connectivity index (χ3n) is 6.45. The van der Waals surface area contributed by atoms with E-state index in [1.54, 1.807) is 17.0 Å². The number of aryl methyl sites for hydroxylation is 2. The second-order valence-corrected chi connectivity index (χ2v) is 10.7. The third-order valence-corrected chi connectivity index (χ3v) is 8.38. The van der Waals surface area contributed by atoms with E-state index in [4.69, 9.17) is 0 Å². The summed E-state index contributed by atoms with van der Waals surface area (Å²) < 4.78 is 42.4. The number of halogens is 1. The molecule has 0 saturated carbocycles. The van der Waals surface area contributed by atoms with Gasteiger partial charge in [0.2, 0.25) is 5.91 Å². The van der Waals surface area contributed by atoms with Crippen molar-refractivity contribution in [2.24, 2.45) is 0 Å². The van der Waals surface area contributed by atoms with Crippen LogP contribution < -0.4 is 4.90 Å². The first-order valence-electron chi connectivity index (χ1n) is 11.3. The maximum Gasteiger partial charge on any atom is 0.282 e. The molecule has 0 N–H and O–H groups in total. The maximum atomic E-state index is 13.2. The average molecular weight is 475 g/mol. The van der Waals surface area contributed by atoms with Crippen molar-refractivity contribution < 1.29 is 17.6 Å². The van der Waals surface area contributed by atoms with Crippen LogP contribution in [0.1, 0.15) is 23.1 Å². The first kappa shape index (κ1) is 23.7. The molecule has 2 heterocycles. The van der Waals surface area contributed by atoms with E-state index in [2.05, 4.69) is 4.90 Å². The van der Waals surface area contributed by atoms with Gasteiger partial charge in [-0.25, -0.2) is 4.39 Å². The Bertz CT molecular complexity index is 1100. The minimum Gasteiger partial charge on any atom is -0.368 e. The third kappa shape index (κ3) is 5.37. The normalized spacial score (nSPS) is 19.6. The van der Waals surface area contributed by atoms with Crippen LogP contribution in [0.2, 0.25) is 0 Å². The smallest absolute Gasteiger partial charge is 0.282 e. The summed E-state index contributed by atoms with van der Waals surface area (Å²) in [6.07, 6.45) is 0.690. The second-order valence-electron chi connectivity index (χ2n) is 8.80. The largest absolute Gasteiger partial charge is 0.368 e. The molecular weight excluding hydrogens is 443 g/mol. The summed E-state index contributed by atoms with van der Waals surface area (Å²) in [4.78, 5) is 16.8. The number of piperazine rings is 1. The Labute approximate surface area is 195 Å². The fraction of sp³-hybridized carbons (Fsp3) is 0.458. The number of amides is 1. The van der Waals surface area contributed by atoms with E-state index in [0.29, 0.717) is 52.2 Å². The molecule has 33 heavy (non-hydrogen) atoms. The highest BCUT2D eigenvalue weighted by atomic mass is 32.2. The van der Waals surface area contributed by atoms with Crippen LogP contribution in [0.4, 0.5) is 10.1 Å². The standard InChI is InChI=1S/C24H31FN4O3S/c1-19-4-5-20(2)21(16-19)17-28-10-3-11-29(33(28,31)32)18-24(30)27-14-12-26(13-15-27)23-8-6-22(25)7-9-23/h4-9,16H,3,10-15,17-18H2,1-2H3. The van der Waals surface area contributed by atoms with Crippen LogP contribution in [0.5, 0.6) is 0 Å². The van der Waals surface area contributed by atoms with Gasteiger partial charge in [0, 0.05) is 51.5 Å². The molecule has 178 valence electrons. The van der Waals surface area contributed by atoms with E-state index in [0.717, 1.165) is 22.4 Å². The van der Waals surface area contributed by atoms with Gasteiger partial charge in [-0.3, -0.25) is 4.79 Å². The lowest BCUT2D eigenvalue weighted by Gasteiger charge is -2.38. The van der Waals surface area contributed by atoms with Crippen LogP contribution in [0, 0.1) is 19.7 Å². The van der Waals surface area contributed by atoms with Crippen molar-refractivity contribution >= 4 is 21.8 Å². The minimum absolute atomic E-state index is 0.137. The summed E-state index contributed by atoms with van der Waals surface area (Å²) in [5.74, 6) is -0.451. The molecule has 0 aromatic heterocycles. The zero-order chi connectivity index (χ0) is 23.6. The summed E-state index contributed by atoms with van der Waals surface area (Å²) in [6.45, 7) is 7.24. The van der Waals surface area contributed by atoms with Crippen molar-refractivity contribution in [1.82, 2.24) is 13.5 Å². The van der Waals surface area contributed by atoms with E-state index in [1.165, 1.54) is 20.7 Å². The molecule has 1 amide bonds. The van der Waals surface area contributed by atoms with Crippen LogP contribution in [0.25, 0.3) is 0 Å². The van der Waals surface area contributed by atoms with Crippen molar-refractivity contribution in [2.75, 3.05) is 50.7 Å². The fourth-order valence-electron chi connectivity index (χ4n) is 4.42. The first-order chi connectivity index (χ1) is 15.7. The number of anilines is 1. The number of benzene rings is 2.